The van der Waals surface area contributed by atoms with Crippen LogP contribution in [0.1, 0.15) is 16.1 Å². The lowest BCUT2D eigenvalue weighted by Gasteiger charge is -2.26. The number of pyridine rings is 1. The quantitative estimate of drug-likeness (QED) is 0.463. The highest BCUT2D eigenvalue weighted by Gasteiger charge is 2.36. The lowest BCUT2D eigenvalue weighted by molar-refractivity contribution is -0.140. The molecule has 1 fully saturated rings. The summed E-state index contributed by atoms with van der Waals surface area (Å²) in [5, 5.41) is 0. The number of halogens is 4. The minimum Gasteiger partial charge on any atom is -0.491 e. The Morgan fingerprint density at radius 1 is 1.28 bits per heavy atom. The lowest BCUT2D eigenvalue weighted by Crippen LogP contribution is -2.36. The van der Waals surface area contributed by atoms with Gasteiger partial charge in [-0.15, -0.1) is 0 Å². The van der Waals surface area contributed by atoms with Gasteiger partial charge in [0.1, 0.15) is 33.8 Å². The first-order valence-corrected chi connectivity index (χ1v) is 9.64. The number of aromatic amines is 1. The molecule has 1 aromatic carbocycles. The summed E-state index contributed by atoms with van der Waals surface area (Å²) < 4.78 is 56.6. The van der Waals surface area contributed by atoms with Gasteiger partial charge in [-0.05, 0) is 46.4 Å². The van der Waals surface area contributed by atoms with Gasteiger partial charge in [0.15, 0.2) is 0 Å². The van der Waals surface area contributed by atoms with Crippen molar-refractivity contribution in [2.24, 2.45) is 5.73 Å². The zero-order valence-electron chi connectivity index (χ0n) is 14.8. The van der Waals surface area contributed by atoms with Crippen LogP contribution in [0.15, 0.2) is 35.1 Å². The van der Waals surface area contributed by atoms with Crippen LogP contribution in [-0.4, -0.2) is 40.9 Å². The Bertz CT molecular complexity index is 946. The van der Waals surface area contributed by atoms with Gasteiger partial charge in [-0.25, -0.2) is 0 Å². The predicted octanol–water partition coefficient (Wildman–Crippen LogP) is 2.71. The number of rotatable bonds is 5. The molecule has 1 saturated heterocycles. The van der Waals surface area contributed by atoms with Crippen molar-refractivity contribution < 1.29 is 32.2 Å². The standard InChI is InChI=1S/C18H16F3IN2O5/c19-18(20,21)15-12(5-13(16(23)25)17(26)24-15)9-1-3-10(4-2-9)28-7-11-6-27-8-14(22)29-11/h1-5,11,14H,6-8H2,(H2,23,25)(H,24,26)/t11-,14-/m0/s1. The minimum absolute atomic E-state index is 0.0715. The highest BCUT2D eigenvalue weighted by molar-refractivity contribution is 14.1. The molecule has 156 valence electrons. The summed E-state index contributed by atoms with van der Waals surface area (Å²) in [5.74, 6) is -0.703. The van der Waals surface area contributed by atoms with Crippen molar-refractivity contribution in [3.63, 3.8) is 0 Å². The van der Waals surface area contributed by atoms with Crippen molar-refractivity contribution in [2.45, 2.75) is 16.4 Å². The van der Waals surface area contributed by atoms with Gasteiger partial charge >= 0.3 is 6.18 Å². The Kier molecular flexibility index (Phi) is 6.49. The van der Waals surface area contributed by atoms with Gasteiger partial charge in [0.05, 0.1) is 13.2 Å². The fourth-order valence-corrected chi connectivity index (χ4v) is 3.42. The highest BCUT2D eigenvalue weighted by atomic mass is 127. The number of aromatic nitrogens is 1. The Labute approximate surface area is 176 Å². The molecule has 0 bridgehead atoms. The maximum absolute atomic E-state index is 13.3. The number of benzene rings is 1. The zero-order chi connectivity index (χ0) is 21.2. The minimum atomic E-state index is -4.83. The fraction of sp³-hybridized carbons (Fsp3) is 0.333. The second kappa shape index (κ2) is 8.71. The van der Waals surface area contributed by atoms with E-state index in [1.54, 1.807) is 4.98 Å². The summed E-state index contributed by atoms with van der Waals surface area (Å²) in [6, 6.07) is 6.59. The van der Waals surface area contributed by atoms with E-state index in [0.29, 0.717) is 19.0 Å². The molecule has 11 heteroatoms. The summed E-state index contributed by atoms with van der Waals surface area (Å²) in [7, 11) is 0. The molecule has 0 spiro atoms. The molecule has 2 atom stereocenters. The van der Waals surface area contributed by atoms with Crippen LogP contribution >= 0.6 is 22.6 Å². The van der Waals surface area contributed by atoms with Crippen LogP contribution in [0.25, 0.3) is 11.1 Å². The van der Waals surface area contributed by atoms with E-state index < -0.39 is 28.9 Å². The van der Waals surface area contributed by atoms with Gasteiger partial charge in [0, 0.05) is 5.56 Å². The number of ether oxygens (including phenoxy) is 3. The van der Waals surface area contributed by atoms with E-state index in [1.165, 1.54) is 24.3 Å². The first-order valence-electron chi connectivity index (χ1n) is 8.40. The Morgan fingerprint density at radius 2 is 1.97 bits per heavy atom. The average Bonchev–Trinajstić information content (AvgIpc) is 2.66. The Hall–Kier alpha value is -2.12. The first kappa shape index (κ1) is 21.6. The second-order valence-electron chi connectivity index (χ2n) is 6.20. The lowest BCUT2D eigenvalue weighted by atomic mass is 10.0. The van der Waals surface area contributed by atoms with Crippen LogP contribution in [0.2, 0.25) is 0 Å². The van der Waals surface area contributed by atoms with Crippen molar-refractivity contribution in [3.05, 3.63) is 51.9 Å². The maximum Gasteiger partial charge on any atom is 0.431 e. The molecule has 1 aromatic heterocycles. The number of hydrogen-bond acceptors (Lipinski definition) is 5. The van der Waals surface area contributed by atoms with Crippen molar-refractivity contribution in [2.75, 3.05) is 19.8 Å². The molecular weight excluding hydrogens is 508 g/mol. The molecule has 3 rings (SSSR count). The van der Waals surface area contributed by atoms with Gasteiger partial charge in [-0.2, -0.15) is 13.2 Å². The molecule has 0 aliphatic carbocycles. The number of nitrogens with one attached hydrogen (secondary N) is 1. The number of primary amides is 1. The van der Waals surface area contributed by atoms with Crippen molar-refractivity contribution in [3.8, 4) is 16.9 Å². The molecule has 2 aromatic rings. The SMILES string of the molecule is NC(=O)c1cc(-c2ccc(OC[C@@H]3COC[C@@H](I)O3)cc2)c(C(F)(F)F)[nH]c1=O. The Balaban J connectivity index is 1.84. The summed E-state index contributed by atoms with van der Waals surface area (Å²) in [4.78, 5) is 24.8. The molecule has 0 radical (unpaired) electrons. The number of amides is 1. The number of carbonyl (C=O) groups is 1. The summed E-state index contributed by atoms with van der Waals surface area (Å²) in [6.07, 6.45) is -5.08. The smallest absolute Gasteiger partial charge is 0.431 e. The average molecular weight is 524 g/mol. The van der Waals surface area contributed by atoms with Crippen LogP contribution < -0.4 is 16.0 Å². The number of carbonyl (C=O) groups excluding carboxylic acids is 1. The molecule has 2 heterocycles. The molecule has 0 unspecified atom stereocenters. The van der Waals surface area contributed by atoms with Gasteiger partial charge in [0.2, 0.25) is 0 Å². The van der Waals surface area contributed by atoms with E-state index in [4.69, 9.17) is 19.9 Å². The van der Waals surface area contributed by atoms with E-state index in [2.05, 4.69) is 22.6 Å². The number of H-pyrrole nitrogens is 1. The van der Waals surface area contributed by atoms with E-state index in [0.717, 1.165) is 6.07 Å². The number of nitrogens with two attached hydrogens (primary N) is 1. The largest absolute Gasteiger partial charge is 0.491 e. The number of hydrogen-bond donors (Lipinski definition) is 2. The highest BCUT2D eigenvalue weighted by Crippen LogP contribution is 2.35. The second-order valence-corrected chi connectivity index (χ2v) is 7.59. The summed E-state index contributed by atoms with van der Waals surface area (Å²) >= 11 is 2.10. The predicted molar refractivity (Wildman–Crippen MR) is 105 cm³/mol. The monoisotopic (exact) mass is 524 g/mol. The van der Waals surface area contributed by atoms with Gasteiger partial charge in [-0.1, -0.05) is 12.1 Å². The molecule has 7 nitrogen and oxygen atoms in total. The van der Waals surface area contributed by atoms with E-state index >= 15 is 0 Å². The third-order valence-electron chi connectivity index (χ3n) is 4.08. The van der Waals surface area contributed by atoms with Gasteiger partial charge in [-0.3, -0.25) is 9.59 Å². The maximum atomic E-state index is 13.3. The summed E-state index contributed by atoms with van der Waals surface area (Å²) in [6.45, 7) is 1.11. The van der Waals surface area contributed by atoms with Gasteiger partial charge in [0.25, 0.3) is 11.5 Å². The fourth-order valence-electron chi connectivity index (χ4n) is 2.75. The third kappa shape index (κ3) is 5.28. The Morgan fingerprint density at radius 3 is 2.55 bits per heavy atom. The van der Waals surface area contributed by atoms with E-state index in [1.807, 2.05) is 0 Å². The van der Waals surface area contributed by atoms with Crippen LogP contribution in [0.3, 0.4) is 0 Å². The van der Waals surface area contributed by atoms with Gasteiger partial charge < -0.3 is 24.9 Å². The molecule has 3 N–H and O–H groups in total. The third-order valence-corrected chi connectivity index (χ3v) is 4.74. The first-order chi connectivity index (χ1) is 13.6. The number of alkyl halides is 4. The van der Waals surface area contributed by atoms with Crippen LogP contribution in [0, 0.1) is 0 Å². The molecule has 0 saturated carbocycles. The molecular formula is C18H16F3IN2O5. The van der Waals surface area contributed by atoms with Crippen molar-refractivity contribution in [1.29, 1.82) is 0 Å². The van der Waals surface area contributed by atoms with E-state index in [-0.39, 0.29) is 27.9 Å². The van der Waals surface area contributed by atoms with Crippen LogP contribution in [0.5, 0.6) is 5.75 Å². The van der Waals surface area contributed by atoms with Crippen molar-refractivity contribution >= 4 is 28.5 Å². The molecule has 1 aliphatic rings. The molecule has 1 aliphatic heterocycles. The van der Waals surface area contributed by atoms with Crippen LogP contribution in [0.4, 0.5) is 13.2 Å². The van der Waals surface area contributed by atoms with Crippen molar-refractivity contribution in [1.82, 2.24) is 4.98 Å². The van der Waals surface area contributed by atoms with E-state index in [9.17, 15) is 22.8 Å². The zero-order valence-corrected chi connectivity index (χ0v) is 17.0. The molecule has 1 amide bonds. The van der Waals surface area contributed by atoms with Crippen LogP contribution in [-0.2, 0) is 15.7 Å². The summed E-state index contributed by atoms with van der Waals surface area (Å²) in [5.41, 5.74) is 1.83. The topological polar surface area (TPSA) is 104 Å². The molecule has 29 heavy (non-hydrogen) atoms. The normalized spacial score (nSPS) is 19.7.